The fourth-order valence-electron chi connectivity index (χ4n) is 4.62. The maximum absolute atomic E-state index is 13.0. The number of nitrogens with zero attached hydrogens (tertiary/aromatic N) is 2. The largest absolute Gasteiger partial charge is 0.289 e. The average molecular weight is 517 g/mol. The van der Waals surface area contributed by atoms with Gasteiger partial charge in [-0.05, 0) is 72.9 Å². The van der Waals surface area contributed by atoms with Crippen molar-refractivity contribution in [2.75, 3.05) is 9.80 Å². The van der Waals surface area contributed by atoms with Gasteiger partial charge >= 0.3 is 0 Å². The van der Waals surface area contributed by atoms with Crippen molar-refractivity contribution in [2.45, 2.75) is 20.8 Å². The molecule has 4 amide bonds. The molecule has 0 N–H and O–H groups in total. The highest BCUT2D eigenvalue weighted by Gasteiger charge is 2.34. The number of carbonyl (C=O) groups is 5. The molecule has 0 saturated carbocycles. The molecule has 3 aromatic carbocycles. The normalized spacial score (nSPS) is 15.2. The third kappa shape index (κ3) is 4.34. The molecule has 2 aliphatic rings. The summed E-state index contributed by atoms with van der Waals surface area (Å²) in [5.74, 6) is -1.83. The van der Waals surface area contributed by atoms with E-state index in [2.05, 4.69) is 6.58 Å². The number of hydrogen-bond donors (Lipinski definition) is 0. The summed E-state index contributed by atoms with van der Waals surface area (Å²) in [5, 5.41) is 0. The van der Waals surface area contributed by atoms with E-state index in [0.717, 1.165) is 21.6 Å². The van der Waals surface area contributed by atoms with E-state index in [9.17, 15) is 24.0 Å². The quantitative estimate of drug-likeness (QED) is 0.248. The number of anilines is 2. The second-order valence-electron chi connectivity index (χ2n) is 9.50. The molecule has 39 heavy (non-hydrogen) atoms. The minimum atomic E-state index is -0.461. The predicted molar refractivity (Wildman–Crippen MR) is 149 cm³/mol. The fourth-order valence-corrected chi connectivity index (χ4v) is 4.62. The second-order valence-corrected chi connectivity index (χ2v) is 9.50. The molecule has 0 fully saturated rings. The monoisotopic (exact) mass is 516 g/mol. The van der Waals surface area contributed by atoms with E-state index >= 15 is 0 Å². The Hall–Kier alpha value is -5.17. The number of Topliss-reactive ketones (excluding diaryl/α,β-unsaturated/α-hetero) is 1. The Morgan fingerprint density at radius 2 is 1.10 bits per heavy atom. The minimum absolute atomic E-state index is 0.287. The Balaban J connectivity index is 1.44. The van der Waals surface area contributed by atoms with Crippen molar-refractivity contribution >= 4 is 40.8 Å². The summed E-state index contributed by atoms with van der Waals surface area (Å²) in [7, 11) is 0. The van der Waals surface area contributed by atoms with Crippen LogP contribution in [-0.4, -0.2) is 29.4 Å². The van der Waals surface area contributed by atoms with Gasteiger partial charge in [0.2, 0.25) is 0 Å². The maximum atomic E-state index is 13.0. The Kier molecular flexibility index (Phi) is 6.28. The number of hydrogen-bond acceptors (Lipinski definition) is 5. The first kappa shape index (κ1) is 25.5. The van der Waals surface area contributed by atoms with Crippen molar-refractivity contribution in [2.24, 2.45) is 0 Å². The number of allylic oxidation sites excluding steroid dienone is 1. The number of rotatable bonds is 6. The van der Waals surface area contributed by atoms with Gasteiger partial charge in [-0.25, -0.2) is 9.80 Å². The van der Waals surface area contributed by atoms with Gasteiger partial charge in [0, 0.05) is 28.9 Å². The van der Waals surface area contributed by atoms with Crippen molar-refractivity contribution in [1.82, 2.24) is 0 Å². The van der Waals surface area contributed by atoms with Crippen LogP contribution < -0.4 is 9.80 Å². The molecule has 0 spiro atoms. The molecule has 0 atom stereocenters. The topological polar surface area (TPSA) is 91.8 Å². The van der Waals surface area contributed by atoms with Crippen molar-refractivity contribution in [3.8, 4) is 22.3 Å². The van der Waals surface area contributed by atoms with Crippen LogP contribution in [0.3, 0.4) is 0 Å². The molecule has 0 radical (unpaired) electrons. The maximum Gasteiger partial charge on any atom is 0.261 e. The lowest BCUT2D eigenvalue weighted by molar-refractivity contribution is -0.121. The summed E-state index contributed by atoms with van der Waals surface area (Å²) in [6.45, 7) is 8.68. The molecule has 0 aliphatic carbocycles. The molecule has 7 nitrogen and oxygen atoms in total. The molecule has 5 rings (SSSR count). The van der Waals surface area contributed by atoms with E-state index in [4.69, 9.17) is 0 Å². The Bertz CT molecular complexity index is 1630. The highest BCUT2D eigenvalue weighted by Crippen LogP contribution is 2.33. The van der Waals surface area contributed by atoms with Crippen molar-refractivity contribution in [3.63, 3.8) is 0 Å². The van der Waals surface area contributed by atoms with Crippen LogP contribution in [0.5, 0.6) is 0 Å². The van der Waals surface area contributed by atoms with Gasteiger partial charge in [-0.15, -0.1) is 0 Å². The highest BCUT2D eigenvalue weighted by molar-refractivity contribution is 6.32. The summed E-state index contributed by atoms with van der Waals surface area (Å²) in [5.41, 5.74) is 5.60. The zero-order valence-electron chi connectivity index (χ0n) is 21.6. The zero-order chi connectivity index (χ0) is 28.0. The summed E-state index contributed by atoms with van der Waals surface area (Å²) < 4.78 is 0. The summed E-state index contributed by atoms with van der Waals surface area (Å²) in [6.07, 6.45) is 2.39. The van der Waals surface area contributed by atoms with Crippen LogP contribution in [0, 0.1) is 0 Å². The number of imide groups is 2. The van der Waals surface area contributed by atoms with Crippen molar-refractivity contribution in [1.29, 1.82) is 0 Å². The fraction of sp³-hybridized carbons (Fsp3) is 0.0938. The molecule has 2 aliphatic heterocycles. The molecule has 0 aromatic heterocycles. The van der Waals surface area contributed by atoms with Crippen LogP contribution in [0.25, 0.3) is 22.3 Å². The third-order valence-electron chi connectivity index (χ3n) is 6.97. The van der Waals surface area contributed by atoms with Gasteiger partial charge in [0.25, 0.3) is 23.6 Å². The van der Waals surface area contributed by atoms with Gasteiger partial charge in [0.15, 0.2) is 5.78 Å². The van der Waals surface area contributed by atoms with Crippen LogP contribution in [0.15, 0.2) is 102 Å². The minimum Gasteiger partial charge on any atom is -0.289 e. The molecule has 0 bridgehead atoms. The van der Waals surface area contributed by atoms with Crippen LogP contribution in [0.4, 0.5) is 11.4 Å². The van der Waals surface area contributed by atoms with Gasteiger partial charge in [-0.3, -0.25) is 24.0 Å². The lowest BCUT2D eigenvalue weighted by Gasteiger charge is -2.17. The van der Waals surface area contributed by atoms with Crippen LogP contribution in [-0.2, 0) is 19.2 Å². The summed E-state index contributed by atoms with van der Waals surface area (Å²) >= 11 is 0. The highest BCUT2D eigenvalue weighted by atomic mass is 16.2. The molecular formula is C32H24N2O5. The first-order valence-corrected chi connectivity index (χ1v) is 12.3. The van der Waals surface area contributed by atoms with E-state index in [1.165, 1.54) is 17.1 Å². The first-order chi connectivity index (χ1) is 18.6. The Morgan fingerprint density at radius 1 is 0.641 bits per heavy atom. The van der Waals surface area contributed by atoms with Crippen molar-refractivity contribution in [3.05, 3.63) is 108 Å². The molecular weight excluding hydrogens is 492 g/mol. The first-order valence-electron chi connectivity index (χ1n) is 12.3. The predicted octanol–water partition coefficient (Wildman–Crippen LogP) is 5.42. The van der Waals surface area contributed by atoms with Gasteiger partial charge in [-0.1, -0.05) is 49.0 Å². The Labute approximate surface area is 225 Å². The van der Waals surface area contributed by atoms with Crippen molar-refractivity contribution < 1.29 is 24.0 Å². The third-order valence-corrected chi connectivity index (χ3v) is 6.97. The lowest BCUT2D eigenvalue weighted by atomic mass is 9.92. The van der Waals surface area contributed by atoms with Gasteiger partial charge in [-0.2, -0.15) is 0 Å². The standard InChI is InChI=1S/C32H24N2O5/c1-18(2)30(37)27-17-25(33-28(35)15-16-29(33)36)13-14-26(27)23-7-5-21(6-8-23)22-9-11-24(12-10-22)34-31(38)19(3)20(4)32(34)39/h5-17H,1H2,2-4H3. The SMILES string of the molecule is C=C(C)C(=O)c1cc(N2C(=O)C=CC2=O)ccc1-c1ccc(-c2ccc(N3C(=O)C(C)=C(C)C3=O)cc2)cc1. The number of amides is 4. The van der Waals surface area contributed by atoms with Gasteiger partial charge in [0.05, 0.1) is 11.4 Å². The van der Waals surface area contributed by atoms with Crippen LogP contribution in [0.1, 0.15) is 31.1 Å². The Morgan fingerprint density at radius 3 is 1.62 bits per heavy atom. The molecule has 3 aromatic rings. The van der Waals surface area contributed by atoms with E-state index in [-0.39, 0.29) is 17.6 Å². The van der Waals surface area contributed by atoms with Gasteiger partial charge in [0.1, 0.15) is 0 Å². The molecule has 192 valence electrons. The number of benzene rings is 3. The van der Waals surface area contributed by atoms with Crippen LogP contribution in [0.2, 0.25) is 0 Å². The molecule has 7 heteroatoms. The van der Waals surface area contributed by atoms with E-state index in [0.29, 0.717) is 39.2 Å². The van der Waals surface area contributed by atoms with Crippen LogP contribution >= 0.6 is 0 Å². The molecule has 2 heterocycles. The smallest absolute Gasteiger partial charge is 0.261 e. The van der Waals surface area contributed by atoms with E-state index in [1.807, 2.05) is 36.4 Å². The second kappa shape index (κ2) is 9.61. The lowest BCUT2D eigenvalue weighted by Crippen LogP contribution is -2.31. The average Bonchev–Trinajstić information content (AvgIpc) is 3.37. The molecule has 0 unspecified atom stereocenters. The summed E-state index contributed by atoms with van der Waals surface area (Å²) in [6, 6.07) is 19.6. The van der Waals surface area contributed by atoms with E-state index < -0.39 is 11.8 Å². The number of carbonyl (C=O) groups excluding carboxylic acids is 5. The summed E-state index contributed by atoms with van der Waals surface area (Å²) in [4.78, 5) is 64.5. The molecule has 0 saturated heterocycles. The van der Waals surface area contributed by atoms with E-state index in [1.54, 1.807) is 51.1 Å². The van der Waals surface area contributed by atoms with Gasteiger partial charge < -0.3 is 0 Å². The number of ketones is 1. The zero-order valence-corrected chi connectivity index (χ0v) is 21.6.